The Hall–Kier alpha value is -2.22. The number of benzene rings is 4. The van der Waals surface area contributed by atoms with Crippen molar-refractivity contribution in [2.75, 3.05) is 13.2 Å². The van der Waals surface area contributed by atoms with E-state index in [9.17, 15) is 0 Å². The first-order valence-corrected chi connectivity index (χ1v) is 36.2. The minimum absolute atomic E-state index is 0.116. The van der Waals surface area contributed by atoms with Gasteiger partial charge in [-0.3, -0.25) is 0 Å². The molecule has 8 heteroatoms. The van der Waals surface area contributed by atoms with Crippen molar-refractivity contribution in [3.05, 3.63) is 96.1 Å². The fourth-order valence-corrected chi connectivity index (χ4v) is 16.2. The lowest BCUT2D eigenvalue weighted by molar-refractivity contribution is 0.316. The summed E-state index contributed by atoms with van der Waals surface area (Å²) in [4.78, 5) is 0. The molecule has 0 aliphatic heterocycles. The maximum atomic E-state index is 6.29. The van der Waals surface area contributed by atoms with Gasteiger partial charge < -0.3 is 9.47 Å². The molecule has 4 aromatic carbocycles. The first-order valence-electron chi connectivity index (χ1n) is 19.8. The van der Waals surface area contributed by atoms with Crippen LogP contribution in [0.4, 0.5) is 0 Å². The monoisotopic (exact) mass is 808 g/mol. The molecule has 4 aromatic rings. The minimum atomic E-state index is -1.54. The molecule has 0 spiro atoms. The highest BCUT2D eigenvalue weighted by Gasteiger charge is 2.27. The summed E-state index contributed by atoms with van der Waals surface area (Å²) < 4.78 is 12.6. The van der Waals surface area contributed by atoms with E-state index in [0.29, 0.717) is 0 Å². The largest absolute Gasteiger partial charge is 0.494 e. The Bertz CT molecular complexity index is 1580. The third kappa shape index (κ3) is 11.9. The van der Waals surface area contributed by atoms with Crippen LogP contribution in [0, 0.1) is 0 Å². The van der Waals surface area contributed by atoms with Gasteiger partial charge in [-0.1, -0.05) is 196 Å². The number of hydrogen-bond acceptors (Lipinski definition) is 2. The van der Waals surface area contributed by atoms with Crippen LogP contribution in [-0.2, 0) is 5.41 Å². The lowest BCUT2D eigenvalue weighted by Crippen LogP contribution is -2.47. The quantitative estimate of drug-likeness (QED) is 0.0741. The van der Waals surface area contributed by atoms with E-state index in [1.807, 2.05) is 0 Å². The number of rotatable bonds is 18. The van der Waals surface area contributed by atoms with E-state index in [1.54, 1.807) is 31.1 Å². The highest BCUT2D eigenvalue weighted by molar-refractivity contribution is 6.91. The third-order valence-electron chi connectivity index (χ3n) is 11.3. The fraction of sp³-hybridized carbons (Fsp3) is 0.467. The molecule has 0 saturated carbocycles. The van der Waals surface area contributed by atoms with Crippen LogP contribution in [0.5, 0.6) is 11.5 Å². The summed E-state index contributed by atoms with van der Waals surface area (Å²) in [6, 6.07) is 35.3. The SMILES string of the molecule is C[Si](C)c1cc([Si](C)C)cc([Si](C)(C)CCCOc2ccc(C(C)(C)c3ccc(OCCC[Si](C)(C)c4cc([Si](C)C)cc([Si](C)C)c4)cc3)cc2)c1. The van der Waals surface area contributed by atoms with E-state index < -0.39 is 51.3 Å². The average Bonchev–Trinajstić information content (AvgIpc) is 3.11. The van der Waals surface area contributed by atoms with E-state index in [0.717, 1.165) is 37.6 Å². The predicted molar refractivity (Wildman–Crippen MR) is 250 cm³/mol. The zero-order chi connectivity index (χ0) is 39.1. The molecule has 0 unspecified atom stereocenters. The molecule has 0 fully saturated rings. The molecule has 0 saturated heterocycles. The molecule has 53 heavy (non-hydrogen) atoms. The van der Waals surface area contributed by atoms with E-state index in [2.05, 4.69) is 177 Å². The molecule has 0 N–H and O–H groups in total. The van der Waals surface area contributed by atoms with Crippen LogP contribution in [-0.4, -0.2) is 64.5 Å². The lowest BCUT2D eigenvalue weighted by atomic mass is 9.78. The Labute approximate surface area is 333 Å². The Morgan fingerprint density at radius 2 is 0.736 bits per heavy atom. The van der Waals surface area contributed by atoms with Crippen LogP contribution >= 0.6 is 0 Å². The highest BCUT2D eigenvalue weighted by Crippen LogP contribution is 2.33. The van der Waals surface area contributed by atoms with Crippen LogP contribution in [0.3, 0.4) is 0 Å². The second-order valence-electron chi connectivity index (χ2n) is 17.9. The van der Waals surface area contributed by atoms with E-state index in [4.69, 9.17) is 9.47 Å². The van der Waals surface area contributed by atoms with Crippen LogP contribution < -0.4 is 40.6 Å². The molecule has 0 heterocycles. The van der Waals surface area contributed by atoms with Gasteiger partial charge in [0.05, 0.1) is 64.5 Å². The van der Waals surface area contributed by atoms with Crippen molar-refractivity contribution < 1.29 is 9.47 Å². The lowest BCUT2D eigenvalue weighted by Gasteiger charge is -2.27. The molecular formula is C45H68O2Si6. The van der Waals surface area contributed by atoms with Crippen molar-refractivity contribution in [3.8, 4) is 11.5 Å². The Balaban J connectivity index is 1.28. The van der Waals surface area contributed by atoms with Gasteiger partial charge in [-0.2, -0.15) is 0 Å². The normalized spacial score (nSPS) is 12.7. The molecule has 2 nitrogen and oxygen atoms in total. The summed E-state index contributed by atoms with van der Waals surface area (Å²) >= 11 is 0. The molecule has 4 radical (unpaired) electrons. The summed E-state index contributed by atoms with van der Waals surface area (Å²) in [6.07, 6.45) is 2.19. The number of hydrogen-bond donors (Lipinski definition) is 0. The van der Waals surface area contributed by atoms with E-state index in [-0.39, 0.29) is 5.41 Å². The molecule has 0 atom stereocenters. The summed E-state index contributed by atoms with van der Waals surface area (Å²) in [5.74, 6) is 1.93. The van der Waals surface area contributed by atoms with Gasteiger partial charge in [0.2, 0.25) is 0 Å². The van der Waals surface area contributed by atoms with Gasteiger partial charge in [-0.15, -0.1) is 0 Å². The van der Waals surface area contributed by atoms with Gasteiger partial charge in [-0.05, 0) is 48.2 Å². The number of ether oxygens (including phenoxy) is 2. The first kappa shape index (κ1) is 43.5. The molecule has 0 aromatic heterocycles. The molecule has 4 rings (SSSR count). The standard InChI is InChI=1S/C45H68O2Si6/c1-45(2,35-17-21-37(22-18-35)46-25-15-27-52(11,12)43-31-39(48(3)4)29-40(32-43)49(5)6)36-19-23-38(24-20-36)47-26-16-28-53(13,14)44-33-41(50(7)8)30-42(34-44)51(9)10/h17-24,29-34H,15-16,25-28H2,1-14H3. The smallest absolute Gasteiger partial charge is 0.119 e. The van der Waals surface area contributed by atoms with Crippen molar-refractivity contribution in [3.63, 3.8) is 0 Å². The van der Waals surface area contributed by atoms with Crippen LogP contribution in [0.25, 0.3) is 0 Å². The summed E-state index contributed by atoms with van der Waals surface area (Å²) in [6.45, 7) is 35.7. The summed E-state index contributed by atoms with van der Waals surface area (Å²) in [7, 11) is -4.90. The highest BCUT2D eigenvalue weighted by atomic mass is 28.3. The second kappa shape index (κ2) is 18.6. The van der Waals surface area contributed by atoms with Crippen LogP contribution in [0.1, 0.15) is 37.8 Å². The fourth-order valence-electron chi connectivity index (χ4n) is 6.99. The Morgan fingerprint density at radius 1 is 0.453 bits per heavy atom. The van der Waals surface area contributed by atoms with Gasteiger partial charge >= 0.3 is 0 Å². The van der Waals surface area contributed by atoms with Gasteiger partial charge in [0, 0.05) is 5.41 Å². The van der Waals surface area contributed by atoms with E-state index >= 15 is 0 Å². The predicted octanol–water partition coefficient (Wildman–Crippen LogP) is 8.63. The topological polar surface area (TPSA) is 18.5 Å². The minimum Gasteiger partial charge on any atom is -0.494 e. The van der Waals surface area contributed by atoms with E-state index in [1.165, 1.54) is 23.2 Å². The Kier molecular flexibility index (Phi) is 15.3. The Morgan fingerprint density at radius 3 is 1.00 bits per heavy atom. The molecule has 284 valence electrons. The summed E-state index contributed by atoms with van der Waals surface area (Å²) in [5.41, 5.74) is 2.47. The molecule has 0 bridgehead atoms. The third-order valence-corrected chi connectivity index (χ3v) is 24.0. The zero-order valence-corrected chi connectivity index (χ0v) is 41.6. The van der Waals surface area contributed by atoms with Crippen molar-refractivity contribution in [2.24, 2.45) is 0 Å². The molecule has 0 amide bonds. The average molecular weight is 810 g/mol. The van der Waals surface area contributed by atoms with Gasteiger partial charge in [0.15, 0.2) is 0 Å². The maximum absolute atomic E-state index is 6.29. The van der Waals surface area contributed by atoms with Crippen molar-refractivity contribution in [1.29, 1.82) is 0 Å². The van der Waals surface area contributed by atoms with Gasteiger partial charge in [-0.25, -0.2) is 0 Å². The summed E-state index contributed by atoms with van der Waals surface area (Å²) in [5, 5.41) is 9.70. The molecule has 0 aliphatic rings. The van der Waals surface area contributed by atoms with Crippen molar-refractivity contribution >= 4 is 82.5 Å². The van der Waals surface area contributed by atoms with Gasteiger partial charge in [0.1, 0.15) is 11.5 Å². The van der Waals surface area contributed by atoms with Gasteiger partial charge in [0.25, 0.3) is 0 Å². The maximum Gasteiger partial charge on any atom is 0.119 e. The first-order chi connectivity index (χ1) is 24.8. The second-order valence-corrected chi connectivity index (χ2v) is 37.9. The van der Waals surface area contributed by atoms with Crippen molar-refractivity contribution in [2.45, 2.75) is 123 Å². The van der Waals surface area contributed by atoms with Crippen LogP contribution in [0.2, 0.25) is 90.7 Å². The van der Waals surface area contributed by atoms with Crippen molar-refractivity contribution in [1.82, 2.24) is 0 Å². The molecular weight excluding hydrogens is 741 g/mol. The zero-order valence-electron chi connectivity index (χ0n) is 35.6. The van der Waals surface area contributed by atoms with Crippen LogP contribution in [0.15, 0.2) is 84.9 Å². The molecule has 0 aliphatic carbocycles.